The summed E-state index contributed by atoms with van der Waals surface area (Å²) < 4.78 is 0. The normalized spacial score (nSPS) is 13.2. The Bertz CT molecular complexity index is 564. The Hall–Kier alpha value is -2.33. The number of hydrogen-bond acceptors (Lipinski definition) is 3. The molecule has 0 saturated carbocycles. The molecule has 4 nitrogen and oxygen atoms in total. The van der Waals surface area contributed by atoms with Gasteiger partial charge in [-0.3, -0.25) is 0 Å². The van der Waals surface area contributed by atoms with Crippen LogP contribution in [0.2, 0.25) is 0 Å². The van der Waals surface area contributed by atoms with E-state index in [4.69, 9.17) is 10.9 Å². The molecule has 1 atom stereocenters. The van der Waals surface area contributed by atoms with E-state index in [1.54, 1.807) is 0 Å². The summed E-state index contributed by atoms with van der Waals surface area (Å²) in [6.07, 6.45) is 0. The molecule has 2 aromatic rings. The summed E-state index contributed by atoms with van der Waals surface area (Å²) >= 11 is 0. The van der Waals surface area contributed by atoms with Gasteiger partial charge in [0.1, 0.15) is 0 Å². The Morgan fingerprint density at radius 2 is 1.80 bits per heavy atom. The van der Waals surface area contributed by atoms with Crippen LogP contribution in [0.5, 0.6) is 0 Å². The maximum Gasteiger partial charge on any atom is 0.170 e. The van der Waals surface area contributed by atoms with Crippen LogP contribution < -0.4 is 11.1 Å². The topological polar surface area (TPSA) is 70.6 Å². The molecule has 2 aromatic carbocycles. The third-order valence-electron chi connectivity index (χ3n) is 3.27. The molecule has 0 saturated heterocycles. The van der Waals surface area contributed by atoms with E-state index in [1.807, 2.05) is 42.5 Å². The monoisotopic (exact) mass is 269 g/mol. The van der Waals surface area contributed by atoms with Crippen LogP contribution in [0.25, 0.3) is 0 Å². The summed E-state index contributed by atoms with van der Waals surface area (Å²) in [5.41, 5.74) is 8.66. The van der Waals surface area contributed by atoms with Crippen molar-refractivity contribution in [1.29, 1.82) is 0 Å². The second-order valence-corrected chi connectivity index (χ2v) is 4.70. The molecule has 0 aliphatic carbocycles. The molecular weight excluding hydrogens is 250 g/mol. The molecule has 0 radical (unpaired) electrons. The average molecular weight is 269 g/mol. The molecule has 4 N–H and O–H groups in total. The van der Waals surface area contributed by atoms with Gasteiger partial charge >= 0.3 is 0 Å². The first kappa shape index (κ1) is 14.1. The highest BCUT2D eigenvalue weighted by molar-refractivity contribution is 5.96. The SMILES string of the molecule is C[C@@H](NCc1ccc(C(N)=NO)cc1)c1ccccc1. The molecule has 20 heavy (non-hydrogen) atoms. The minimum atomic E-state index is 0.127. The lowest BCUT2D eigenvalue weighted by molar-refractivity contribution is 0.318. The Balaban J connectivity index is 1.94. The van der Waals surface area contributed by atoms with Gasteiger partial charge in [-0.25, -0.2) is 0 Å². The molecule has 0 amide bonds. The fourth-order valence-electron chi connectivity index (χ4n) is 1.98. The van der Waals surface area contributed by atoms with Gasteiger partial charge in [0.25, 0.3) is 0 Å². The van der Waals surface area contributed by atoms with Crippen molar-refractivity contribution >= 4 is 5.84 Å². The van der Waals surface area contributed by atoms with Crippen molar-refractivity contribution in [2.75, 3.05) is 0 Å². The molecule has 0 unspecified atom stereocenters. The number of benzene rings is 2. The molecule has 0 bridgehead atoms. The minimum absolute atomic E-state index is 0.127. The molecule has 2 rings (SSSR count). The number of oxime groups is 1. The molecule has 0 aliphatic rings. The van der Waals surface area contributed by atoms with Crippen molar-refractivity contribution in [3.05, 3.63) is 71.3 Å². The Labute approximate surface area is 118 Å². The van der Waals surface area contributed by atoms with Crippen LogP contribution in [0.1, 0.15) is 29.7 Å². The van der Waals surface area contributed by atoms with Crippen molar-refractivity contribution < 1.29 is 5.21 Å². The maximum atomic E-state index is 8.61. The summed E-state index contributed by atoms with van der Waals surface area (Å²) in [4.78, 5) is 0. The zero-order chi connectivity index (χ0) is 14.4. The van der Waals surface area contributed by atoms with E-state index in [9.17, 15) is 0 Å². The second kappa shape index (κ2) is 6.73. The smallest absolute Gasteiger partial charge is 0.170 e. The van der Waals surface area contributed by atoms with E-state index >= 15 is 0 Å². The number of rotatable bonds is 5. The number of nitrogens with two attached hydrogens (primary N) is 1. The van der Waals surface area contributed by atoms with E-state index in [0.717, 1.165) is 12.1 Å². The Morgan fingerprint density at radius 3 is 2.40 bits per heavy atom. The molecule has 0 heterocycles. The van der Waals surface area contributed by atoms with Gasteiger partial charge in [0, 0.05) is 18.2 Å². The van der Waals surface area contributed by atoms with E-state index in [1.165, 1.54) is 5.56 Å². The molecule has 104 valence electrons. The summed E-state index contributed by atoms with van der Waals surface area (Å²) in [5, 5.41) is 15.1. The summed E-state index contributed by atoms with van der Waals surface area (Å²) in [6, 6.07) is 18.2. The lowest BCUT2D eigenvalue weighted by Crippen LogP contribution is -2.18. The first-order chi connectivity index (χ1) is 9.70. The highest BCUT2D eigenvalue weighted by Crippen LogP contribution is 2.12. The molecule has 0 aromatic heterocycles. The van der Waals surface area contributed by atoms with Crippen LogP contribution in [-0.2, 0) is 6.54 Å². The molecular formula is C16H19N3O. The van der Waals surface area contributed by atoms with E-state index in [0.29, 0.717) is 11.6 Å². The number of nitrogens with one attached hydrogen (secondary N) is 1. The van der Waals surface area contributed by atoms with E-state index in [-0.39, 0.29) is 5.84 Å². The van der Waals surface area contributed by atoms with Crippen molar-refractivity contribution in [3.8, 4) is 0 Å². The van der Waals surface area contributed by atoms with Crippen LogP contribution in [0, 0.1) is 0 Å². The fourth-order valence-corrected chi connectivity index (χ4v) is 1.98. The molecule has 0 fully saturated rings. The molecule has 0 spiro atoms. The van der Waals surface area contributed by atoms with Crippen molar-refractivity contribution in [1.82, 2.24) is 5.32 Å². The standard InChI is InChI=1S/C16H19N3O/c1-12(14-5-3-2-4-6-14)18-11-13-7-9-15(10-8-13)16(17)19-20/h2-10,12,18,20H,11H2,1H3,(H2,17,19)/t12-/m1/s1. The van der Waals surface area contributed by atoms with Gasteiger partial charge in [-0.2, -0.15) is 0 Å². The van der Waals surface area contributed by atoms with Gasteiger partial charge in [0.2, 0.25) is 0 Å². The second-order valence-electron chi connectivity index (χ2n) is 4.70. The maximum absolute atomic E-state index is 8.61. The van der Waals surface area contributed by atoms with Crippen LogP contribution >= 0.6 is 0 Å². The largest absolute Gasteiger partial charge is 0.409 e. The summed E-state index contributed by atoms with van der Waals surface area (Å²) in [6.45, 7) is 2.91. The van der Waals surface area contributed by atoms with Gasteiger partial charge in [-0.05, 0) is 18.1 Å². The third kappa shape index (κ3) is 3.59. The number of nitrogens with zero attached hydrogens (tertiary/aromatic N) is 1. The van der Waals surface area contributed by atoms with Gasteiger partial charge < -0.3 is 16.3 Å². The highest BCUT2D eigenvalue weighted by Gasteiger charge is 2.04. The van der Waals surface area contributed by atoms with Crippen molar-refractivity contribution in [2.24, 2.45) is 10.9 Å². The lowest BCUT2D eigenvalue weighted by Gasteiger charge is -2.14. The van der Waals surface area contributed by atoms with E-state index < -0.39 is 0 Å². The zero-order valence-electron chi connectivity index (χ0n) is 11.5. The van der Waals surface area contributed by atoms with Gasteiger partial charge in [-0.15, -0.1) is 0 Å². The predicted octanol–water partition coefficient (Wildman–Crippen LogP) is 2.63. The minimum Gasteiger partial charge on any atom is -0.409 e. The quantitative estimate of drug-likeness (QED) is 0.338. The van der Waals surface area contributed by atoms with Crippen LogP contribution in [0.4, 0.5) is 0 Å². The van der Waals surface area contributed by atoms with Crippen molar-refractivity contribution in [2.45, 2.75) is 19.5 Å². The van der Waals surface area contributed by atoms with E-state index in [2.05, 4.69) is 29.5 Å². The van der Waals surface area contributed by atoms with Crippen LogP contribution in [-0.4, -0.2) is 11.0 Å². The first-order valence-corrected chi connectivity index (χ1v) is 6.56. The van der Waals surface area contributed by atoms with Crippen LogP contribution in [0.15, 0.2) is 59.8 Å². The summed E-state index contributed by atoms with van der Waals surface area (Å²) in [7, 11) is 0. The predicted molar refractivity (Wildman–Crippen MR) is 80.6 cm³/mol. The molecule has 4 heteroatoms. The Kier molecular flexibility index (Phi) is 4.74. The zero-order valence-corrected chi connectivity index (χ0v) is 11.5. The van der Waals surface area contributed by atoms with Gasteiger partial charge in [0.15, 0.2) is 5.84 Å². The molecule has 0 aliphatic heterocycles. The van der Waals surface area contributed by atoms with Gasteiger partial charge in [0.05, 0.1) is 0 Å². The summed E-state index contributed by atoms with van der Waals surface area (Å²) in [5.74, 6) is 0.127. The average Bonchev–Trinajstić information content (AvgIpc) is 2.53. The first-order valence-electron chi connectivity index (χ1n) is 6.56. The van der Waals surface area contributed by atoms with Crippen molar-refractivity contribution in [3.63, 3.8) is 0 Å². The van der Waals surface area contributed by atoms with Gasteiger partial charge in [-0.1, -0.05) is 59.8 Å². The lowest BCUT2D eigenvalue weighted by atomic mass is 10.1. The van der Waals surface area contributed by atoms with Crippen LogP contribution in [0.3, 0.4) is 0 Å². The Morgan fingerprint density at radius 1 is 1.15 bits per heavy atom. The number of hydrogen-bond donors (Lipinski definition) is 3. The highest BCUT2D eigenvalue weighted by atomic mass is 16.4. The third-order valence-corrected chi connectivity index (χ3v) is 3.27. The fraction of sp³-hybridized carbons (Fsp3) is 0.188. The number of amidine groups is 1.